The van der Waals surface area contributed by atoms with Gasteiger partial charge in [0.1, 0.15) is 0 Å². The minimum atomic E-state index is -3.50. The van der Waals surface area contributed by atoms with Crippen molar-refractivity contribution in [3.8, 4) is 0 Å². The Morgan fingerprint density at radius 1 is 1.69 bits per heavy atom. The molecule has 0 aliphatic carbocycles. The van der Waals surface area contributed by atoms with Gasteiger partial charge in [0.05, 0.1) is 6.54 Å². The van der Waals surface area contributed by atoms with Gasteiger partial charge in [-0.2, -0.15) is 12.7 Å². The zero-order valence-corrected chi connectivity index (χ0v) is 8.37. The number of amidine groups is 1. The molecular formula is C5H14N4O3S. The molecule has 0 heterocycles. The molecule has 78 valence electrons. The lowest BCUT2D eigenvalue weighted by molar-refractivity contribution is 0.315. The zero-order chi connectivity index (χ0) is 10.5. The predicted octanol–water partition coefficient (Wildman–Crippen LogP) is -1.48. The number of nitrogens with one attached hydrogen (secondary N) is 1. The maximum absolute atomic E-state index is 11.2. The average molecular weight is 210 g/mol. The molecule has 0 aromatic heterocycles. The summed E-state index contributed by atoms with van der Waals surface area (Å²) in [5, 5.41) is 10.9. The molecule has 7 nitrogen and oxygen atoms in total. The summed E-state index contributed by atoms with van der Waals surface area (Å²) in [7, 11) is -2.17. The first-order valence-corrected chi connectivity index (χ1v) is 5.05. The van der Waals surface area contributed by atoms with Crippen molar-refractivity contribution in [3.63, 3.8) is 0 Å². The van der Waals surface area contributed by atoms with E-state index in [-0.39, 0.29) is 12.4 Å². The van der Waals surface area contributed by atoms with E-state index in [1.54, 1.807) is 6.92 Å². The Labute approximate surface area is 77.4 Å². The second-order valence-electron chi connectivity index (χ2n) is 2.35. The van der Waals surface area contributed by atoms with E-state index in [0.717, 1.165) is 4.31 Å². The lowest BCUT2D eigenvalue weighted by Crippen LogP contribution is -2.42. The summed E-state index contributed by atoms with van der Waals surface area (Å²) in [4.78, 5) is 0. The molecule has 0 saturated carbocycles. The second-order valence-corrected chi connectivity index (χ2v) is 4.21. The minimum absolute atomic E-state index is 0.147. The molecule has 0 fully saturated rings. The number of hydrogen-bond acceptors (Lipinski definition) is 4. The van der Waals surface area contributed by atoms with Gasteiger partial charge in [-0.15, -0.1) is 0 Å². The van der Waals surface area contributed by atoms with Crippen LogP contribution in [-0.4, -0.2) is 43.9 Å². The van der Waals surface area contributed by atoms with Crippen molar-refractivity contribution < 1.29 is 13.6 Å². The summed E-state index contributed by atoms with van der Waals surface area (Å²) < 4.78 is 25.6. The highest BCUT2D eigenvalue weighted by molar-refractivity contribution is 7.87. The first-order chi connectivity index (χ1) is 5.94. The number of nitrogens with two attached hydrogens (primary N) is 1. The maximum Gasteiger partial charge on any atom is 0.279 e. The van der Waals surface area contributed by atoms with Gasteiger partial charge < -0.3 is 10.9 Å². The molecular weight excluding hydrogens is 196 g/mol. The number of nitrogens with zero attached hydrogens (tertiary/aromatic N) is 2. The van der Waals surface area contributed by atoms with Gasteiger partial charge in [-0.1, -0.05) is 12.1 Å². The summed E-state index contributed by atoms with van der Waals surface area (Å²) >= 11 is 0. The molecule has 8 heteroatoms. The van der Waals surface area contributed by atoms with E-state index >= 15 is 0 Å². The summed E-state index contributed by atoms with van der Waals surface area (Å²) in [5.41, 5.74) is 5.13. The van der Waals surface area contributed by atoms with Crippen molar-refractivity contribution in [3.05, 3.63) is 0 Å². The van der Waals surface area contributed by atoms with Crippen LogP contribution in [-0.2, 0) is 10.2 Å². The maximum atomic E-state index is 11.2. The molecule has 13 heavy (non-hydrogen) atoms. The number of hydrogen-bond donors (Lipinski definition) is 3. The van der Waals surface area contributed by atoms with E-state index in [1.807, 2.05) is 0 Å². The fraction of sp³-hybridized carbons (Fsp3) is 0.800. The van der Waals surface area contributed by atoms with Gasteiger partial charge in [-0.05, 0) is 0 Å². The Balaban J connectivity index is 4.34. The van der Waals surface area contributed by atoms with Gasteiger partial charge in [-0.3, -0.25) is 0 Å². The van der Waals surface area contributed by atoms with E-state index in [1.165, 1.54) is 7.05 Å². The molecule has 0 aliphatic rings. The molecule has 0 amide bonds. The summed E-state index contributed by atoms with van der Waals surface area (Å²) in [6.07, 6.45) is 0. The molecule has 0 saturated heterocycles. The smallest absolute Gasteiger partial charge is 0.279 e. The normalized spacial score (nSPS) is 13.6. The van der Waals surface area contributed by atoms with Crippen LogP contribution in [0, 0.1) is 0 Å². The molecule has 0 aromatic rings. The van der Waals surface area contributed by atoms with Crippen molar-refractivity contribution in [2.45, 2.75) is 6.92 Å². The van der Waals surface area contributed by atoms with E-state index in [4.69, 9.17) is 10.9 Å². The monoisotopic (exact) mass is 210 g/mol. The summed E-state index contributed by atoms with van der Waals surface area (Å²) in [6, 6.07) is 0. The van der Waals surface area contributed by atoms with Crippen molar-refractivity contribution >= 4 is 16.0 Å². The van der Waals surface area contributed by atoms with Crippen LogP contribution in [0.5, 0.6) is 0 Å². The molecule has 0 aliphatic heterocycles. The van der Waals surface area contributed by atoms with Gasteiger partial charge in [0.2, 0.25) is 0 Å². The molecule has 0 atom stereocenters. The Bertz CT molecular complexity index is 274. The molecule has 0 aromatic carbocycles. The van der Waals surface area contributed by atoms with E-state index < -0.39 is 10.2 Å². The zero-order valence-electron chi connectivity index (χ0n) is 7.56. The fourth-order valence-electron chi connectivity index (χ4n) is 0.637. The predicted molar refractivity (Wildman–Crippen MR) is 48.6 cm³/mol. The molecule has 0 rings (SSSR count). The van der Waals surface area contributed by atoms with E-state index in [2.05, 4.69) is 9.88 Å². The molecule has 4 N–H and O–H groups in total. The highest BCUT2D eigenvalue weighted by atomic mass is 32.2. The van der Waals surface area contributed by atoms with Gasteiger partial charge in [0.15, 0.2) is 5.84 Å². The number of likely N-dealkylation sites (N-methyl/N-ethyl adjacent to an activating group) is 1. The van der Waals surface area contributed by atoms with Crippen LogP contribution in [0.1, 0.15) is 6.92 Å². The minimum Gasteiger partial charge on any atom is -0.409 e. The number of rotatable bonds is 5. The Morgan fingerprint density at radius 2 is 2.23 bits per heavy atom. The first kappa shape index (κ1) is 12.1. The first-order valence-electron chi connectivity index (χ1n) is 3.61. The Kier molecular flexibility index (Phi) is 4.67. The molecule has 0 bridgehead atoms. The topological polar surface area (TPSA) is 108 Å². The third-order valence-corrected chi connectivity index (χ3v) is 2.85. The Hall–Kier alpha value is -0.860. The third-order valence-electron chi connectivity index (χ3n) is 1.25. The third kappa shape index (κ3) is 4.06. The standard InChI is InChI=1S/C5H14N4O3S/c1-3-7-13(11,12)9(2)4-5(6)8-10/h7,10H,3-4H2,1-2H3,(H2,6,8). The van der Waals surface area contributed by atoms with Gasteiger partial charge in [-0.25, -0.2) is 4.72 Å². The Morgan fingerprint density at radius 3 is 2.62 bits per heavy atom. The van der Waals surface area contributed by atoms with Gasteiger partial charge in [0.25, 0.3) is 10.2 Å². The fourth-order valence-corrected chi connectivity index (χ4v) is 1.52. The number of oxime groups is 1. The SMILES string of the molecule is CCNS(=O)(=O)N(C)CC(N)=NO. The van der Waals surface area contributed by atoms with Crippen LogP contribution in [0.15, 0.2) is 5.16 Å². The van der Waals surface area contributed by atoms with E-state index in [0.29, 0.717) is 6.54 Å². The summed E-state index contributed by atoms with van der Waals surface area (Å²) in [5.74, 6) is -0.163. The quantitative estimate of drug-likeness (QED) is 0.222. The lowest BCUT2D eigenvalue weighted by atomic mass is 10.6. The highest BCUT2D eigenvalue weighted by Gasteiger charge is 2.16. The van der Waals surface area contributed by atoms with Crippen LogP contribution in [0.2, 0.25) is 0 Å². The largest absolute Gasteiger partial charge is 0.409 e. The van der Waals surface area contributed by atoms with Crippen LogP contribution < -0.4 is 10.5 Å². The van der Waals surface area contributed by atoms with Gasteiger partial charge in [0, 0.05) is 13.6 Å². The summed E-state index contributed by atoms with van der Waals surface area (Å²) in [6.45, 7) is 1.81. The lowest BCUT2D eigenvalue weighted by Gasteiger charge is -2.15. The van der Waals surface area contributed by atoms with Crippen molar-refractivity contribution in [2.24, 2.45) is 10.9 Å². The van der Waals surface area contributed by atoms with E-state index in [9.17, 15) is 8.42 Å². The highest BCUT2D eigenvalue weighted by Crippen LogP contribution is 1.91. The van der Waals surface area contributed by atoms with Crippen molar-refractivity contribution in [1.82, 2.24) is 9.03 Å². The van der Waals surface area contributed by atoms with Crippen LogP contribution in [0.25, 0.3) is 0 Å². The van der Waals surface area contributed by atoms with Crippen LogP contribution in [0.4, 0.5) is 0 Å². The molecule has 0 spiro atoms. The van der Waals surface area contributed by atoms with Crippen LogP contribution in [0.3, 0.4) is 0 Å². The van der Waals surface area contributed by atoms with Crippen LogP contribution >= 0.6 is 0 Å². The molecule has 0 radical (unpaired) electrons. The van der Waals surface area contributed by atoms with Crippen molar-refractivity contribution in [1.29, 1.82) is 0 Å². The molecule has 0 unspecified atom stereocenters. The van der Waals surface area contributed by atoms with Gasteiger partial charge >= 0.3 is 0 Å². The average Bonchev–Trinajstić information content (AvgIpc) is 2.04. The second kappa shape index (κ2) is 5.00. The van der Waals surface area contributed by atoms with Crippen molar-refractivity contribution in [2.75, 3.05) is 20.1 Å².